The molecule has 5 nitrogen and oxygen atoms in total. The predicted molar refractivity (Wildman–Crippen MR) is 87.7 cm³/mol. The number of para-hydroxylation sites is 1. The van der Waals surface area contributed by atoms with Gasteiger partial charge in [-0.3, -0.25) is 4.79 Å². The number of esters is 1. The molecule has 2 aromatic carbocycles. The van der Waals surface area contributed by atoms with Crippen molar-refractivity contribution < 1.29 is 23.5 Å². The number of hydrogen-bond donors (Lipinski definition) is 1. The van der Waals surface area contributed by atoms with Crippen LogP contribution in [-0.2, 0) is 14.3 Å². The third-order valence-corrected chi connectivity index (χ3v) is 3.50. The van der Waals surface area contributed by atoms with Gasteiger partial charge in [0.15, 0.2) is 24.8 Å². The monoisotopic (exact) mass is 351 g/mol. The second-order valence-corrected chi connectivity index (χ2v) is 5.25. The van der Waals surface area contributed by atoms with E-state index in [0.717, 1.165) is 0 Å². The maximum atomic E-state index is 13.3. The van der Waals surface area contributed by atoms with Crippen molar-refractivity contribution >= 4 is 29.2 Å². The summed E-state index contributed by atoms with van der Waals surface area (Å²) in [4.78, 5) is 23.3. The molecule has 0 saturated carbocycles. The highest BCUT2D eigenvalue weighted by molar-refractivity contribution is 6.31. The van der Waals surface area contributed by atoms with E-state index in [2.05, 4.69) is 5.32 Å². The molecule has 0 aliphatic carbocycles. The van der Waals surface area contributed by atoms with Gasteiger partial charge in [0, 0.05) is 10.7 Å². The Morgan fingerprint density at radius 2 is 1.88 bits per heavy atom. The van der Waals surface area contributed by atoms with E-state index in [1.165, 1.54) is 18.2 Å². The summed E-state index contributed by atoms with van der Waals surface area (Å²) in [5, 5.41) is 3.10. The molecular weight excluding hydrogens is 337 g/mol. The van der Waals surface area contributed by atoms with Crippen molar-refractivity contribution in [2.45, 2.75) is 6.92 Å². The maximum Gasteiger partial charge on any atom is 0.344 e. The molecule has 7 heteroatoms. The quantitative estimate of drug-likeness (QED) is 0.811. The minimum atomic E-state index is -0.781. The van der Waals surface area contributed by atoms with Crippen LogP contribution in [0.2, 0.25) is 5.02 Å². The first kappa shape index (κ1) is 17.7. The van der Waals surface area contributed by atoms with E-state index in [9.17, 15) is 14.0 Å². The van der Waals surface area contributed by atoms with Gasteiger partial charge in [-0.1, -0.05) is 29.8 Å². The summed E-state index contributed by atoms with van der Waals surface area (Å²) in [6, 6.07) is 10.7. The van der Waals surface area contributed by atoms with Crippen LogP contribution in [0.15, 0.2) is 42.5 Å². The lowest BCUT2D eigenvalue weighted by atomic mass is 10.2. The lowest BCUT2D eigenvalue weighted by Gasteiger charge is -2.10. The molecule has 24 heavy (non-hydrogen) atoms. The van der Waals surface area contributed by atoms with Crippen molar-refractivity contribution in [2.75, 3.05) is 18.5 Å². The highest BCUT2D eigenvalue weighted by Gasteiger charge is 2.11. The fraction of sp³-hybridized carbons (Fsp3) is 0.176. The molecule has 2 rings (SSSR count). The number of ether oxygens (including phenoxy) is 2. The number of nitrogens with one attached hydrogen (secondary N) is 1. The Bertz CT molecular complexity index is 751. The third kappa shape index (κ3) is 4.96. The van der Waals surface area contributed by atoms with Crippen LogP contribution in [0.5, 0.6) is 5.75 Å². The van der Waals surface area contributed by atoms with Gasteiger partial charge in [0.25, 0.3) is 5.91 Å². The molecular formula is C17H15ClFNO4. The largest absolute Gasteiger partial charge is 0.479 e. The van der Waals surface area contributed by atoms with Crippen LogP contribution >= 0.6 is 11.6 Å². The second-order valence-electron chi connectivity index (χ2n) is 4.84. The van der Waals surface area contributed by atoms with Crippen molar-refractivity contribution in [1.29, 1.82) is 0 Å². The van der Waals surface area contributed by atoms with Crippen LogP contribution in [0.4, 0.5) is 10.1 Å². The van der Waals surface area contributed by atoms with E-state index in [-0.39, 0.29) is 5.75 Å². The molecule has 0 unspecified atom stereocenters. The topological polar surface area (TPSA) is 64.6 Å². The Hall–Kier alpha value is -2.60. The van der Waals surface area contributed by atoms with E-state index >= 15 is 0 Å². The summed E-state index contributed by atoms with van der Waals surface area (Å²) in [7, 11) is 0. The molecule has 0 fully saturated rings. The number of anilines is 1. The van der Waals surface area contributed by atoms with Crippen LogP contribution in [0, 0.1) is 12.7 Å². The van der Waals surface area contributed by atoms with E-state index in [1.54, 1.807) is 31.2 Å². The molecule has 0 aliphatic heterocycles. The smallest absolute Gasteiger partial charge is 0.344 e. The number of rotatable bonds is 6. The van der Waals surface area contributed by atoms with Crippen LogP contribution in [0.3, 0.4) is 0 Å². The van der Waals surface area contributed by atoms with Crippen LogP contribution in [0.1, 0.15) is 5.56 Å². The van der Waals surface area contributed by atoms with E-state index in [1.807, 2.05) is 0 Å². The van der Waals surface area contributed by atoms with Crippen molar-refractivity contribution in [1.82, 2.24) is 0 Å². The van der Waals surface area contributed by atoms with Gasteiger partial charge in [0.1, 0.15) is 0 Å². The molecule has 0 aliphatic rings. The molecule has 0 saturated heterocycles. The summed E-state index contributed by atoms with van der Waals surface area (Å²) >= 11 is 5.95. The Labute approximate surface area is 143 Å². The third-order valence-electron chi connectivity index (χ3n) is 3.09. The Kier molecular flexibility index (Phi) is 6.14. The zero-order valence-corrected chi connectivity index (χ0v) is 13.6. The molecule has 0 atom stereocenters. The van der Waals surface area contributed by atoms with E-state index in [4.69, 9.17) is 21.1 Å². The summed E-state index contributed by atoms with van der Waals surface area (Å²) in [6.07, 6.45) is 0. The molecule has 0 heterocycles. The van der Waals surface area contributed by atoms with Gasteiger partial charge in [-0.25, -0.2) is 9.18 Å². The highest BCUT2D eigenvalue weighted by Crippen LogP contribution is 2.22. The first-order chi connectivity index (χ1) is 11.5. The molecule has 0 bridgehead atoms. The Morgan fingerprint density at radius 3 is 2.62 bits per heavy atom. The van der Waals surface area contributed by atoms with Gasteiger partial charge >= 0.3 is 5.97 Å². The highest BCUT2D eigenvalue weighted by atomic mass is 35.5. The average molecular weight is 352 g/mol. The lowest BCUT2D eigenvalue weighted by molar-refractivity contribution is -0.149. The molecule has 1 N–H and O–H groups in total. The Balaban J connectivity index is 1.78. The minimum Gasteiger partial charge on any atom is -0.479 e. The number of carbonyl (C=O) groups is 2. The number of carbonyl (C=O) groups excluding carboxylic acids is 2. The SMILES string of the molecule is Cc1c(Cl)cccc1NC(=O)COC(=O)COc1ccccc1F. The number of benzene rings is 2. The minimum absolute atomic E-state index is 0.0616. The maximum absolute atomic E-state index is 13.3. The van der Waals surface area contributed by atoms with Gasteiger partial charge in [0.2, 0.25) is 0 Å². The van der Waals surface area contributed by atoms with Crippen LogP contribution in [0.25, 0.3) is 0 Å². The normalized spacial score (nSPS) is 10.1. The summed E-state index contributed by atoms with van der Waals surface area (Å²) in [5.41, 5.74) is 1.24. The molecule has 1 amide bonds. The lowest BCUT2D eigenvalue weighted by Crippen LogP contribution is -2.24. The average Bonchev–Trinajstić information content (AvgIpc) is 2.56. The summed E-state index contributed by atoms with van der Waals surface area (Å²) in [6.45, 7) is 0.780. The zero-order chi connectivity index (χ0) is 17.5. The van der Waals surface area contributed by atoms with Gasteiger partial charge in [-0.05, 0) is 36.8 Å². The number of hydrogen-bond acceptors (Lipinski definition) is 4. The van der Waals surface area contributed by atoms with E-state index in [0.29, 0.717) is 16.3 Å². The van der Waals surface area contributed by atoms with Crippen LogP contribution < -0.4 is 10.1 Å². The van der Waals surface area contributed by atoms with Crippen molar-refractivity contribution in [3.63, 3.8) is 0 Å². The number of amides is 1. The second kappa shape index (κ2) is 8.31. The van der Waals surface area contributed by atoms with Crippen molar-refractivity contribution in [3.8, 4) is 5.75 Å². The summed E-state index contributed by atoms with van der Waals surface area (Å²) < 4.78 is 23.1. The molecule has 0 spiro atoms. The zero-order valence-electron chi connectivity index (χ0n) is 12.8. The first-order valence-corrected chi connectivity index (χ1v) is 7.43. The van der Waals surface area contributed by atoms with Gasteiger partial charge < -0.3 is 14.8 Å². The number of halogens is 2. The fourth-order valence-electron chi connectivity index (χ4n) is 1.82. The molecule has 0 radical (unpaired) electrons. The van der Waals surface area contributed by atoms with E-state index < -0.39 is 30.9 Å². The van der Waals surface area contributed by atoms with Crippen molar-refractivity contribution in [2.24, 2.45) is 0 Å². The van der Waals surface area contributed by atoms with Gasteiger partial charge in [0.05, 0.1) is 0 Å². The van der Waals surface area contributed by atoms with Crippen molar-refractivity contribution in [3.05, 3.63) is 58.9 Å². The first-order valence-electron chi connectivity index (χ1n) is 7.05. The molecule has 126 valence electrons. The Morgan fingerprint density at radius 1 is 1.12 bits per heavy atom. The standard InChI is InChI=1S/C17H15ClFNO4/c1-11-12(18)5-4-7-14(11)20-16(21)9-24-17(22)10-23-15-8-3-2-6-13(15)19/h2-8H,9-10H2,1H3,(H,20,21). The summed E-state index contributed by atoms with van der Waals surface area (Å²) in [5.74, 6) is -1.94. The predicted octanol–water partition coefficient (Wildman–Crippen LogP) is 3.35. The van der Waals surface area contributed by atoms with Gasteiger partial charge in [-0.15, -0.1) is 0 Å². The van der Waals surface area contributed by atoms with Crippen LogP contribution in [-0.4, -0.2) is 25.1 Å². The molecule has 0 aromatic heterocycles. The van der Waals surface area contributed by atoms with Gasteiger partial charge in [-0.2, -0.15) is 0 Å². The fourth-order valence-corrected chi connectivity index (χ4v) is 1.99. The molecule has 2 aromatic rings.